The van der Waals surface area contributed by atoms with E-state index in [0.29, 0.717) is 11.1 Å². The van der Waals surface area contributed by atoms with Gasteiger partial charge in [-0.25, -0.2) is 4.85 Å². The van der Waals surface area contributed by atoms with Crippen LogP contribution in [0.1, 0.15) is 32.0 Å². The van der Waals surface area contributed by atoms with Crippen LogP contribution in [0.4, 0.5) is 13.2 Å². The van der Waals surface area contributed by atoms with Crippen molar-refractivity contribution in [3.8, 4) is 6.07 Å². The van der Waals surface area contributed by atoms with Crippen molar-refractivity contribution in [3.05, 3.63) is 116 Å². The number of rotatable bonds is 4. The molecule has 5 rings (SSSR count). The Morgan fingerprint density at radius 3 is 1.89 bits per heavy atom. The number of halogens is 3. The SMILES string of the molecule is [C-]#[N+]/C(=C\c1cc2cc3sc(/C=C(\C#N)c4ccc(C)cc4)cc3cc2s1)c1ccc(C(F)(F)F)cc1. The number of nitrogens with zero attached hydrogens (tertiary/aromatic N) is 2. The number of benzene rings is 3. The van der Waals surface area contributed by atoms with Gasteiger partial charge in [-0.1, -0.05) is 54.1 Å². The van der Waals surface area contributed by atoms with Crippen molar-refractivity contribution in [2.45, 2.75) is 13.1 Å². The minimum absolute atomic E-state index is 0.287. The standard InChI is InChI=1S/C30H17F3N2S2/c1-18-3-5-19(6-4-18)23(17-34)13-25-11-21-14-29-22(15-28(21)36-25)12-26(37-29)16-27(35-2)20-7-9-24(10-8-20)30(31,32)33/h3-16H,1H3/b23-13+,27-16-. The molecule has 0 aliphatic rings. The van der Waals surface area contributed by atoms with E-state index in [1.807, 2.05) is 43.3 Å². The molecule has 2 heterocycles. The summed E-state index contributed by atoms with van der Waals surface area (Å²) in [5.74, 6) is 0. The molecule has 0 atom stereocenters. The van der Waals surface area contributed by atoms with Crippen LogP contribution >= 0.6 is 22.7 Å². The molecule has 0 saturated carbocycles. The highest BCUT2D eigenvalue weighted by molar-refractivity contribution is 7.21. The van der Waals surface area contributed by atoms with Crippen molar-refractivity contribution in [2.24, 2.45) is 0 Å². The first-order chi connectivity index (χ1) is 17.7. The molecule has 2 aromatic heterocycles. The zero-order chi connectivity index (χ0) is 26.2. The number of alkyl halides is 3. The van der Waals surface area contributed by atoms with Gasteiger partial charge >= 0.3 is 6.18 Å². The molecule has 0 bridgehead atoms. The number of allylic oxidation sites excluding steroid dienone is 1. The van der Waals surface area contributed by atoms with Gasteiger partial charge in [-0.3, -0.25) is 0 Å². The normalized spacial score (nSPS) is 12.6. The van der Waals surface area contributed by atoms with Gasteiger partial charge in [0.05, 0.1) is 23.8 Å². The summed E-state index contributed by atoms with van der Waals surface area (Å²) < 4.78 is 40.7. The van der Waals surface area contributed by atoms with Crippen LogP contribution < -0.4 is 0 Å². The second-order valence-corrected chi connectivity index (χ2v) is 10.7. The predicted octanol–water partition coefficient (Wildman–Crippen LogP) is 9.92. The summed E-state index contributed by atoms with van der Waals surface area (Å²) in [7, 11) is 0. The maximum Gasteiger partial charge on any atom is 0.416 e. The van der Waals surface area contributed by atoms with Gasteiger partial charge in [0.25, 0.3) is 0 Å². The largest absolute Gasteiger partial charge is 0.416 e. The van der Waals surface area contributed by atoms with E-state index in [4.69, 9.17) is 6.57 Å². The molecule has 0 aliphatic carbocycles. The molecule has 7 heteroatoms. The average Bonchev–Trinajstić information content (AvgIpc) is 3.46. The Bertz CT molecular complexity index is 1720. The summed E-state index contributed by atoms with van der Waals surface area (Å²) in [5, 5.41) is 11.8. The van der Waals surface area contributed by atoms with Crippen LogP contribution in [0.5, 0.6) is 0 Å². The van der Waals surface area contributed by atoms with E-state index in [9.17, 15) is 18.4 Å². The first-order valence-corrected chi connectivity index (χ1v) is 12.8. The number of nitriles is 1. The summed E-state index contributed by atoms with van der Waals surface area (Å²) in [6.07, 6.45) is -0.793. The van der Waals surface area contributed by atoms with Crippen molar-refractivity contribution in [2.75, 3.05) is 0 Å². The van der Waals surface area contributed by atoms with Gasteiger partial charge in [0.15, 0.2) is 5.70 Å². The molecule has 0 N–H and O–H groups in total. The Morgan fingerprint density at radius 2 is 1.38 bits per heavy atom. The average molecular weight is 527 g/mol. The Hall–Kier alpha value is -4.17. The fraction of sp³-hybridized carbons (Fsp3) is 0.0667. The summed E-state index contributed by atoms with van der Waals surface area (Å²) in [5.41, 5.74) is 2.62. The lowest BCUT2D eigenvalue weighted by atomic mass is 10.0. The maximum absolute atomic E-state index is 12.9. The van der Waals surface area contributed by atoms with Crippen molar-refractivity contribution in [3.63, 3.8) is 0 Å². The van der Waals surface area contributed by atoms with E-state index in [1.54, 1.807) is 17.4 Å². The summed E-state index contributed by atoms with van der Waals surface area (Å²) in [6.45, 7) is 9.54. The second kappa shape index (κ2) is 9.71. The Balaban J connectivity index is 1.46. The first-order valence-electron chi connectivity index (χ1n) is 11.2. The molecule has 3 aromatic carbocycles. The first kappa shape index (κ1) is 24.5. The molecular formula is C30H17F3N2S2. The van der Waals surface area contributed by atoms with Crippen molar-refractivity contribution in [1.29, 1.82) is 5.26 Å². The number of hydrogen-bond acceptors (Lipinski definition) is 3. The van der Waals surface area contributed by atoms with Gasteiger partial charge in [-0.2, -0.15) is 18.4 Å². The number of hydrogen-bond donors (Lipinski definition) is 0. The number of fused-ring (bicyclic) bond motifs is 2. The van der Waals surface area contributed by atoms with Gasteiger partial charge in [0, 0.05) is 19.2 Å². The number of aryl methyl sites for hydroxylation is 1. The zero-order valence-electron chi connectivity index (χ0n) is 19.4. The lowest BCUT2D eigenvalue weighted by molar-refractivity contribution is -0.137. The van der Waals surface area contributed by atoms with Crippen LogP contribution in [0.2, 0.25) is 0 Å². The molecule has 0 spiro atoms. The predicted molar refractivity (Wildman–Crippen MR) is 148 cm³/mol. The van der Waals surface area contributed by atoms with Crippen molar-refractivity contribution in [1.82, 2.24) is 0 Å². The van der Waals surface area contributed by atoms with Crippen LogP contribution in [0.3, 0.4) is 0 Å². The van der Waals surface area contributed by atoms with Gasteiger partial charge in [0.2, 0.25) is 0 Å². The Labute approximate surface area is 219 Å². The highest BCUT2D eigenvalue weighted by atomic mass is 32.1. The molecule has 0 aliphatic heterocycles. The summed E-state index contributed by atoms with van der Waals surface area (Å²) >= 11 is 3.12. The van der Waals surface area contributed by atoms with E-state index in [-0.39, 0.29) is 5.70 Å². The van der Waals surface area contributed by atoms with E-state index in [1.165, 1.54) is 23.5 Å². The van der Waals surface area contributed by atoms with E-state index in [0.717, 1.165) is 53.2 Å². The van der Waals surface area contributed by atoms with Gasteiger partial charge in [-0.05, 0) is 65.2 Å². The number of thiophene rings is 2. The molecule has 5 aromatic rings. The lowest BCUT2D eigenvalue weighted by Crippen LogP contribution is -2.04. The minimum Gasteiger partial charge on any atom is -0.237 e. The van der Waals surface area contributed by atoms with E-state index >= 15 is 0 Å². The third-order valence-corrected chi connectivity index (χ3v) is 7.96. The Morgan fingerprint density at radius 1 is 0.838 bits per heavy atom. The molecule has 180 valence electrons. The highest BCUT2D eigenvalue weighted by Crippen LogP contribution is 2.37. The zero-order valence-corrected chi connectivity index (χ0v) is 21.1. The monoisotopic (exact) mass is 526 g/mol. The van der Waals surface area contributed by atoms with Gasteiger partial charge in [0.1, 0.15) is 0 Å². The van der Waals surface area contributed by atoms with E-state index < -0.39 is 11.7 Å². The van der Waals surface area contributed by atoms with Crippen molar-refractivity contribution < 1.29 is 13.2 Å². The van der Waals surface area contributed by atoms with Crippen LogP contribution in [0, 0.1) is 24.8 Å². The third-order valence-electron chi connectivity index (χ3n) is 5.87. The lowest BCUT2D eigenvalue weighted by Gasteiger charge is -2.07. The summed E-state index contributed by atoms with van der Waals surface area (Å²) in [4.78, 5) is 5.38. The highest BCUT2D eigenvalue weighted by Gasteiger charge is 2.30. The smallest absolute Gasteiger partial charge is 0.237 e. The summed E-state index contributed by atoms with van der Waals surface area (Å²) in [6, 6.07) is 23.1. The maximum atomic E-state index is 12.9. The molecule has 0 fully saturated rings. The second-order valence-electron chi connectivity index (χ2n) is 8.48. The van der Waals surface area contributed by atoms with Crippen molar-refractivity contribution >= 4 is 66.3 Å². The van der Waals surface area contributed by atoms with E-state index in [2.05, 4.69) is 29.1 Å². The Kier molecular flexibility index (Phi) is 6.43. The molecule has 0 radical (unpaired) electrons. The van der Waals surface area contributed by atoms with Gasteiger partial charge < -0.3 is 0 Å². The molecule has 2 nitrogen and oxygen atoms in total. The fourth-order valence-electron chi connectivity index (χ4n) is 3.96. The molecule has 0 amide bonds. The molecule has 37 heavy (non-hydrogen) atoms. The minimum atomic E-state index is -4.41. The van der Waals surface area contributed by atoms with Gasteiger partial charge in [-0.15, -0.1) is 22.7 Å². The van der Waals surface area contributed by atoms with Crippen LogP contribution in [-0.2, 0) is 6.18 Å². The van der Waals surface area contributed by atoms with Crippen LogP contribution in [0.15, 0.2) is 72.8 Å². The molecule has 0 unspecified atom stereocenters. The van der Waals surface area contributed by atoms with Crippen LogP contribution in [0.25, 0.3) is 48.4 Å². The molecule has 0 saturated heterocycles. The topological polar surface area (TPSA) is 28.1 Å². The fourth-order valence-corrected chi connectivity index (χ4v) is 6.03. The quantitative estimate of drug-likeness (QED) is 0.169. The van der Waals surface area contributed by atoms with Crippen LogP contribution in [-0.4, -0.2) is 0 Å². The molecular weight excluding hydrogens is 509 g/mol. The third kappa shape index (κ3) is 5.20.